The van der Waals surface area contributed by atoms with E-state index in [1.54, 1.807) is 30.1 Å². The Morgan fingerprint density at radius 2 is 2.00 bits per heavy atom. The van der Waals surface area contributed by atoms with E-state index >= 15 is 0 Å². The number of nitrogens with zero attached hydrogens (tertiary/aromatic N) is 2. The molecule has 0 spiro atoms. The summed E-state index contributed by atoms with van der Waals surface area (Å²) in [6.07, 6.45) is 1.63. The molecule has 0 aliphatic rings. The quantitative estimate of drug-likeness (QED) is 0.739. The highest BCUT2D eigenvalue weighted by molar-refractivity contribution is 9.10. The average molecular weight is 388 g/mol. The van der Waals surface area contributed by atoms with Crippen LogP contribution in [0.3, 0.4) is 0 Å². The van der Waals surface area contributed by atoms with Crippen molar-refractivity contribution < 1.29 is 9.53 Å². The van der Waals surface area contributed by atoms with Crippen LogP contribution in [0.2, 0.25) is 0 Å². The standard InChI is InChI=1S/C13H12Br2N2O2/c1-19-7-6-17-12(11(15)8-16-17)13(18)9-2-4-10(14)5-3-9/h2-5,8H,6-7H2,1H3. The predicted molar refractivity (Wildman–Crippen MR) is 79.4 cm³/mol. The van der Waals surface area contributed by atoms with E-state index in [4.69, 9.17) is 4.74 Å². The van der Waals surface area contributed by atoms with Gasteiger partial charge < -0.3 is 4.74 Å². The Hall–Kier alpha value is -0.980. The summed E-state index contributed by atoms with van der Waals surface area (Å²) >= 11 is 6.72. The van der Waals surface area contributed by atoms with Gasteiger partial charge in [-0.1, -0.05) is 15.9 Å². The lowest BCUT2D eigenvalue weighted by Gasteiger charge is -2.07. The highest BCUT2D eigenvalue weighted by Gasteiger charge is 2.18. The number of carbonyl (C=O) groups excluding carboxylic acids is 1. The number of rotatable bonds is 5. The molecule has 0 bridgehead atoms. The molecule has 0 aliphatic heterocycles. The topological polar surface area (TPSA) is 44.1 Å². The normalized spacial score (nSPS) is 10.7. The van der Waals surface area contributed by atoms with Crippen LogP contribution < -0.4 is 0 Å². The van der Waals surface area contributed by atoms with Crippen LogP contribution >= 0.6 is 31.9 Å². The number of aromatic nitrogens is 2. The van der Waals surface area contributed by atoms with E-state index in [-0.39, 0.29) is 5.78 Å². The zero-order valence-corrected chi connectivity index (χ0v) is 13.4. The van der Waals surface area contributed by atoms with Crippen LogP contribution in [0.25, 0.3) is 0 Å². The second kappa shape index (κ2) is 6.45. The fourth-order valence-corrected chi connectivity index (χ4v) is 2.41. The molecule has 0 N–H and O–H groups in total. The van der Waals surface area contributed by atoms with Crippen molar-refractivity contribution in [1.82, 2.24) is 9.78 Å². The highest BCUT2D eigenvalue weighted by Crippen LogP contribution is 2.21. The molecule has 19 heavy (non-hydrogen) atoms. The van der Waals surface area contributed by atoms with Gasteiger partial charge in [-0.15, -0.1) is 0 Å². The minimum absolute atomic E-state index is 0.0621. The molecule has 1 heterocycles. The van der Waals surface area contributed by atoms with Gasteiger partial charge in [0.25, 0.3) is 0 Å². The van der Waals surface area contributed by atoms with Crippen LogP contribution in [0.15, 0.2) is 39.4 Å². The molecule has 0 aliphatic carbocycles. The summed E-state index contributed by atoms with van der Waals surface area (Å²) in [6, 6.07) is 7.26. The molecule has 0 atom stereocenters. The molecule has 0 fully saturated rings. The van der Waals surface area contributed by atoms with E-state index in [1.165, 1.54) is 0 Å². The fraction of sp³-hybridized carbons (Fsp3) is 0.231. The number of carbonyl (C=O) groups is 1. The predicted octanol–water partition coefficient (Wildman–Crippen LogP) is 3.29. The summed E-state index contributed by atoms with van der Waals surface area (Å²) in [6.45, 7) is 1.05. The van der Waals surface area contributed by atoms with Crippen LogP contribution in [0, 0.1) is 0 Å². The van der Waals surface area contributed by atoms with Crippen molar-refractivity contribution in [1.29, 1.82) is 0 Å². The third-order valence-electron chi connectivity index (χ3n) is 2.62. The van der Waals surface area contributed by atoms with Crippen molar-refractivity contribution in [3.05, 3.63) is 50.7 Å². The monoisotopic (exact) mass is 386 g/mol. The maximum absolute atomic E-state index is 12.5. The van der Waals surface area contributed by atoms with Crippen LogP contribution in [-0.2, 0) is 11.3 Å². The van der Waals surface area contributed by atoms with Gasteiger partial charge in [-0.05, 0) is 40.2 Å². The molecule has 2 rings (SSSR count). The van der Waals surface area contributed by atoms with Gasteiger partial charge in [0.1, 0.15) is 5.69 Å². The Morgan fingerprint density at radius 1 is 1.32 bits per heavy atom. The maximum Gasteiger partial charge on any atom is 0.212 e. The van der Waals surface area contributed by atoms with Crippen molar-refractivity contribution in [2.75, 3.05) is 13.7 Å². The molecule has 100 valence electrons. The van der Waals surface area contributed by atoms with Crippen molar-refractivity contribution >= 4 is 37.6 Å². The molecule has 0 amide bonds. The summed E-state index contributed by atoms with van der Waals surface area (Å²) in [5.74, 6) is -0.0621. The van der Waals surface area contributed by atoms with Crippen LogP contribution in [-0.4, -0.2) is 29.3 Å². The van der Waals surface area contributed by atoms with Gasteiger partial charge in [-0.2, -0.15) is 5.10 Å². The summed E-state index contributed by atoms with van der Waals surface area (Å²) < 4.78 is 8.30. The number of ether oxygens (including phenoxy) is 1. The molecule has 2 aromatic rings. The smallest absolute Gasteiger partial charge is 0.212 e. The Labute approximate surface area is 128 Å². The van der Waals surface area contributed by atoms with E-state index < -0.39 is 0 Å². The Kier molecular flexibility index (Phi) is 4.90. The molecule has 0 saturated carbocycles. The number of hydrogen-bond donors (Lipinski definition) is 0. The third-order valence-corrected chi connectivity index (χ3v) is 3.73. The lowest BCUT2D eigenvalue weighted by molar-refractivity contribution is 0.102. The van der Waals surface area contributed by atoms with Gasteiger partial charge in [0.2, 0.25) is 5.78 Å². The van der Waals surface area contributed by atoms with Crippen molar-refractivity contribution in [2.24, 2.45) is 0 Å². The van der Waals surface area contributed by atoms with E-state index in [0.29, 0.717) is 28.9 Å². The highest BCUT2D eigenvalue weighted by atomic mass is 79.9. The van der Waals surface area contributed by atoms with Gasteiger partial charge in [0.15, 0.2) is 0 Å². The lowest BCUT2D eigenvalue weighted by atomic mass is 10.1. The summed E-state index contributed by atoms with van der Waals surface area (Å²) in [5, 5.41) is 4.18. The van der Waals surface area contributed by atoms with Crippen molar-refractivity contribution in [2.45, 2.75) is 6.54 Å². The molecule has 4 nitrogen and oxygen atoms in total. The van der Waals surface area contributed by atoms with Gasteiger partial charge in [-0.25, -0.2) is 0 Å². The van der Waals surface area contributed by atoms with E-state index in [1.807, 2.05) is 12.1 Å². The van der Waals surface area contributed by atoms with Crippen LogP contribution in [0.4, 0.5) is 0 Å². The van der Waals surface area contributed by atoms with Gasteiger partial charge in [0.05, 0.1) is 23.8 Å². The second-order valence-corrected chi connectivity index (χ2v) is 5.66. The van der Waals surface area contributed by atoms with Gasteiger partial charge in [-0.3, -0.25) is 9.48 Å². The number of ketones is 1. The van der Waals surface area contributed by atoms with Crippen LogP contribution in [0.1, 0.15) is 16.1 Å². The molecule has 0 unspecified atom stereocenters. The maximum atomic E-state index is 12.5. The molecular weight excluding hydrogens is 376 g/mol. The lowest BCUT2D eigenvalue weighted by Crippen LogP contribution is -2.14. The summed E-state index contributed by atoms with van der Waals surface area (Å²) in [5.41, 5.74) is 1.17. The van der Waals surface area contributed by atoms with E-state index in [0.717, 1.165) is 4.47 Å². The minimum atomic E-state index is -0.0621. The molecule has 1 aromatic heterocycles. The first-order valence-electron chi connectivity index (χ1n) is 5.64. The summed E-state index contributed by atoms with van der Waals surface area (Å²) in [7, 11) is 1.62. The van der Waals surface area contributed by atoms with Gasteiger partial charge >= 0.3 is 0 Å². The van der Waals surface area contributed by atoms with Crippen LogP contribution in [0.5, 0.6) is 0 Å². The van der Waals surface area contributed by atoms with E-state index in [9.17, 15) is 4.79 Å². The largest absolute Gasteiger partial charge is 0.383 e. The number of methoxy groups -OCH3 is 1. The van der Waals surface area contributed by atoms with Crippen molar-refractivity contribution in [3.63, 3.8) is 0 Å². The zero-order valence-electron chi connectivity index (χ0n) is 10.3. The molecule has 0 radical (unpaired) electrons. The molecule has 0 saturated heterocycles. The van der Waals surface area contributed by atoms with E-state index in [2.05, 4.69) is 37.0 Å². The first-order valence-corrected chi connectivity index (χ1v) is 7.22. The average Bonchev–Trinajstić information content (AvgIpc) is 2.77. The Morgan fingerprint density at radius 3 is 2.63 bits per heavy atom. The Bertz CT molecular complexity index is 579. The number of halogens is 2. The third kappa shape index (κ3) is 3.32. The number of benzene rings is 1. The molecular formula is C13H12Br2N2O2. The minimum Gasteiger partial charge on any atom is -0.383 e. The SMILES string of the molecule is COCCn1ncc(Br)c1C(=O)c1ccc(Br)cc1. The Balaban J connectivity index is 2.32. The second-order valence-electron chi connectivity index (χ2n) is 3.89. The first kappa shape index (κ1) is 14.4. The van der Waals surface area contributed by atoms with Crippen molar-refractivity contribution in [3.8, 4) is 0 Å². The zero-order chi connectivity index (χ0) is 13.8. The molecule has 1 aromatic carbocycles. The fourth-order valence-electron chi connectivity index (χ4n) is 1.67. The summed E-state index contributed by atoms with van der Waals surface area (Å²) in [4.78, 5) is 12.5. The first-order chi connectivity index (χ1) is 9.13. The molecule has 6 heteroatoms. The van der Waals surface area contributed by atoms with Gasteiger partial charge in [0, 0.05) is 17.1 Å². The number of hydrogen-bond acceptors (Lipinski definition) is 3.